The van der Waals surface area contributed by atoms with Crippen molar-refractivity contribution in [2.24, 2.45) is 0 Å². The van der Waals surface area contributed by atoms with Crippen LogP contribution in [0.1, 0.15) is 116 Å². The number of halogens is 2. The third-order valence-corrected chi connectivity index (χ3v) is 29.4. The molecule has 0 fully saturated rings. The Balaban J connectivity index is 0.00000260. The van der Waals surface area contributed by atoms with Gasteiger partial charge in [-0.3, -0.25) is 0 Å². The molecule has 2 unspecified atom stereocenters. The van der Waals surface area contributed by atoms with Crippen molar-refractivity contribution in [3.63, 3.8) is 0 Å². The Bertz CT molecular complexity index is 1760. The van der Waals surface area contributed by atoms with Crippen molar-refractivity contribution in [2.45, 2.75) is 98.0 Å². The second kappa shape index (κ2) is 14.5. The Kier molecular flexibility index (Phi) is 11.6. The molecule has 0 aromatic heterocycles. The zero-order valence-corrected chi connectivity index (χ0v) is 35.9. The van der Waals surface area contributed by atoms with Crippen LogP contribution in [-0.2, 0) is 30.3 Å². The van der Waals surface area contributed by atoms with E-state index in [0.29, 0.717) is 7.35 Å². The Labute approximate surface area is 307 Å². The van der Waals surface area contributed by atoms with E-state index < -0.39 is 19.5 Å². The first-order valence-electron chi connectivity index (χ1n) is 17.5. The van der Waals surface area contributed by atoms with Gasteiger partial charge in [0.2, 0.25) is 0 Å². The van der Waals surface area contributed by atoms with E-state index >= 15 is 0 Å². The molecule has 0 nitrogen and oxygen atoms in total. The number of hydrogen-bond acceptors (Lipinski definition) is 0. The molecule has 2 aliphatic carbocycles. The number of rotatable bonds is 6. The SMILES string of the molecule is C[CH]=[Hf]([CH3])([CH]1C(CC)=Cc2c(-c3ccc(C(C)(C)C)cc3)cccc21)[CH]1C(CC)=Cc2c(-c3ccc(C(C)(C)C)cc3)cccc21.Cl.Cl. The molecule has 0 aliphatic heterocycles. The van der Waals surface area contributed by atoms with Crippen molar-refractivity contribution < 1.29 is 19.5 Å². The third kappa shape index (κ3) is 6.74. The van der Waals surface area contributed by atoms with Gasteiger partial charge in [-0.05, 0) is 0 Å². The second-order valence-corrected chi connectivity index (χ2v) is 32.0. The number of allylic oxidation sites excluding steroid dienone is 2. The van der Waals surface area contributed by atoms with Crippen molar-refractivity contribution in [1.82, 2.24) is 0 Å². The van der Waals surface area contributed by atoms with Gasteiger partial charge in [-0.2, -0.15) is 0 Å². The molecule has 6 rings (SSSR count). The molecule has 2 aliphatic rings. The van der Waals surface area contributed by atoms with Gasteiger partial charge in [-0.1, -0.05) is 0 Å². The van der Waals surface area contributed by atoms with Gasteiger partial charge in [-0.25, -0.2) is 0 Å². The molecule has 4 aromatic rings. The molecule has 0 N–H and O–H groups in total. The summed E-state index contributed by atoms with van der Waals surface area (Å²) in [6, 6.07) is 33.0. The van der Waals surface area contributed by atoms with E-state index in [9.17, 15) is 0 Å². The van der Waals surface area contributed by atoms with Crippen molar-refractivity contribution in [2.75, 3.05) is 0 Å². The number of fused-ring (bicyclic) bond motifs is 2. The Hall–Kier alpha value is -2.32. The van der Waals surface area contributed by atoms with Gasteiger partial charge in [0.1, 0.15) is 0 Å². The summed E-state index contributed by atoms with van der Waals surface area (Å²) >= 11 is -3.32. The minimum atomic E-state index is -3.32. The van der Waals surface area contributed by atoms with E-state index in [-0.39, 0.29) is 35.6 Å². The van der Waals surface area contributed by atoms with Crippen LogP contribution in [0.2, 0.25) is 4.68 Å². The van der Waals surface area contributed by atoms with Crippen LogP contribution in [0.5, 0.6) is 0 Å². The average Bonchev–Trinajstić information content (AvgIpc) is 3.63. The molecule has 0 amide bonds. The van der Waals surface area contributed by atoms with Gasteiger partial charge in [0.05, 0.1) is 0 Å². The van der Waals surface area contributed by atoms with Crippen LogP contribution in [0.4, 0.5) is 0 Å². The number of benzene rings is 4. The molecule has 2 atom stereocenters. The van der Waals surface area contributed by atoms with Gasteiger partial charge in [0.25, 0.3) is 0 Å². The van der Waals surface area contributed by atoms with E-state index in [1.165, 1.54) is 44.5 Å². The summed E-state index contributed by atoms with van der Waals surface area (Å²) in [5.74, 6) is 0. The summed E-state index contributed by atoms with van der Waals surface area (Å²) in [6.45, 7) is 20.9. The molecule has 0 saturated heterocycles. The van der Waals surface area contributed by atoms with E-state index in [2.05, 4.69) is 168 Å². The van der Waals surface area contributed by atoms with Crippen molar-refractivity contribution in [3.05, 3.63) is 129 Å². The summed E-state index contributed by atoms with van der Waals surface area (Å²) in [4.78, 5) is 0. The standard InChI is InChI=1S/2C21H23.C2H4.CH3.2ClH.Hf/c2*1-5-15-13-17-7-6-8-19(20(17)14-15)16-9-11-18(12-10-16)21(2,3)4;1-2;;;;/h2*6-14H,5H2,1-4H3;1H,2H3;1H3;2*1H;. The molecule has 3 heteroatoms. The maximum Gasteiger partial charge on any atom is -0.147 e. The summed E-state index contributed by atoms with van der Waals surface area (Å²) in [5.41, 5.74) is 17.9. The van der Waals surface area contributed by atoms with Gasteiger partial charge in [0, 0.05) is 0 Å². The first-order chi connectivity index (χ1) is 21.8. The second-order valence-electron chi connectivity index (χ2n) is 15.9. The summed E-state index contributed by atoms with van der Waals surface area (Å²) in [6.07, 6.45) is 7.40. The zero-order valence-electron chi connectivity index (χ0n) is 30.7. The van der Waals surface area contributed by atoms with Crippen LogP contribution in [0.15, 0.2) is 96.1 Å². The predicted molar refractivity (Wildman–Crippen MR) is 215 cm³/mol. The van der Waals surface area contributed by atoms with Crippen LogP contribution in [0, 0.1) is 0 Å². The van der Waals surface area contributed by atoms with Crippen molar-refractivity contribution >= 4 is 40.7 Å². The quantitative estimate of drug-likeness (QED) is 0.170. The molecule has 0 spiro atoms. The fourth-order valence-electron chi connectivity index (χ4n) is 8.31. The van der Waals surface area contributed by atoms with E-state index in [0.717, 1.165) is 12.8 Å². The number of hydrogen-bond donors (Lipinski definition) is 0. The van der Waals surface area contributed by atoms with E-state index in [1.807, 2.05) is 0 Å². The summed E-state index contributed by atoms with van der Waals surface area (Å²) < 4.78 is 6.61. The molecule has 0 radical (unpaired) electrons. The van der Waals surface area contributed by atoms with Gasteiger partial charge in [0.15, 0.2) is 0 Å². The summed E-state index contributed by atoms with van der Waals surface area (Å²) in [5, 5.41) is 0. The maximum absolute atomic E-state index is 3.32. The van der Waals surface area contributed by atoms with Crippen molar-refractivity contribution in [1.29, 1.82) is 0 Å². The molecular weight excluding hydrogens is 790 g/mol. The molecule has 0 heterocycles. The smallest absolute Gasteiger partial charge is 0.147 e. The van der Waals surface area contributed by atoms with Gasteiger partial charge >= 0.3 is 285 Å². The molecule has 253 valence electrons. The van der Waals surface area contributed by atoms with Crippen molar-refractivity contribution in [3.8, 4) is 22.3 Å². The Morgan fingerprint density at radius 1 is 0.562 bits per heavy atom. The normalized spacial score (nSPS) is 18.0. The molecule has 0 saturated carbocycles. The van der Waals surface area contributed by atoms with Crippen LogP contribution in [0.3, 0.4) is 0 Å². The largest absolute Gasteiger partial charge is 0.147 e. The van der Waals surface area contributed by atoms with Crippen LogP contribution < -0.4 is 0 Å². The molecule has 48 heavy (non-hydrogen) atoms. The minimum absolute atomic E-state index is 0. The van der Waals surface area contributed by atoms with Gasteiger partial charge < -0.3 is 0 Å². The predicted octanol–water partition coefficient (Wildman–Crippen LogP) is 13.9. The zero-order chi connectivity index (χ0) is 33.0. The maximum atomic E-state index is 2.76. The molecule has 0 bridgehead atoms. The fourth-order valence-corrected chi connectivity index (χ4v) is 26.3. The van der Waals surface area contributed by atoms with Gasteiger partial charge in [-0.15, -0.1) is 24.8 Å². The topological polar surface area (TPSA) is 0 Å². The Morgan fingerprint density at radius 3 is 1.21 bits per heavy atom. The van der Waals surface area contributed by atoms with E-state index in [1.54, 1.807) is 22.3 Å². The first-order valence-corrected chi connectivity index (χ1v) is 27.3. The molecule has 4 aromatic carbocycles. The Morgan fingerprint density at radius 2 is 0.917 bits per heavy atom. The summed E-state index contributed by atoms with van der Waals surface area (Å²) in [7, 11) is 0. The minimum Gasteiger partial charge on any atom is -0.147 e. The average molecular weight is 845 g/mol. The molecular formula is C45H55Cl2Hf. The van der Waals surface area contributed by atoms with Crippen LogP contribution in [0.25, 0.3) is 34.4 Å². The monoisotopic (exact) mass is 845 g/mol. The van der Waals surface area contributed by atoms with Crippen LogP contribution in [-0.4, -0.2) is 3.76 Å². The third-order valence-electron chi connectivity index (χ3n) is 11.1. The fraction of sp³-hybridized carbons (Fsp3) is 0.356. The van der Waals surface area contributed by atoms with Crippen LogP contribution >= 0.6 is 24.8 Å². The van der Waals surface area contributed by atoms with E-state index in [4.69, 9.17) is 0 Å². The first kappa shape index (κ1) is 38.5.